The van der Waals surface area contributed by atoms with E-state index in [9.17, 15) is 9.59 Å². The fraction of sp³-hybridized carbons (Fsp3) is 0.391. The molecule has 0 spiro atoms. The van der Waals surface area contributed by atoms with E-state index < -0.39 is 6.04 Å². The van der Waals surface area contributed by atoms with Gasteiger partial charge in [-0.3, -0.25) is 19.4 Å². The lowest BCUT2D eigenvalue weighted by Crippen LogP contribution is -2.53. The zero-order valence-corrected chi connectivity index (χ0v) is 21.1. The van der Waals surface area contributed by atoms with Gasteiger partial charge in [0.25, 0.3) is 5.91 Å². The van der Waals surface area contributed by atoms with Crippen LogP contribution in [0, 0.1) is 0 Å². The first kappa shape index (κ1) is 24.3. The average molecular weight is 557 g/mol. The van der Waals surface area contributed by atoms with Crippen LogP contribution in [0.25, 0.3) is 0 Å². The van der Waals surface area contributed by atoms with E-state index in [-0.39, 0.29) is 29.5 Å². The molecule has 1 saturated heterocycles. The van der Waals surface area contributed by atoms with Crippen LogP contribution in [0.4, 0.5) is 5.69 Å². The number of morpholine rings is 1. The second-order valence-corrected chi connectivity index (χ2v) is 9.72. The minimum atomic E-state index is -0.778. The molecule has 0 radical (unpaired) electrons. The Morgan fingerprint density at radius 1 is 1.15 bits per heavy atom. The largest absolute Gasteiger partial charge is 0.482 e. The quantitative estimate of drug-likeness (QED) is 0.581. The first-order valence-corrected chi connectivity index (χ1v) is 12.2. The number of hydrogen-bond acceptors (Lipinski definition) is 5. The Hall–Kier alpha value is -1.84. The second kappa shape index (κ2) is 10.6. The molecular weight excluding hydrogens is 533 g/mol. The van der Waals surface area contributed by atoms with Gasteiger partial charge in [-0.25, -0.2) is 0 Å². The number of amides is 2. The van der Waals surface area contributed by atoms with Crippen molar-refractivity contribution in [3.63, 3.8) is 0 Å². The molecule has 2 heterocycles. The molecule has 0 bridgehead atoms. The minimum absolute atomic E-state index is 0.174. The van der Waals surface area contributed by atoms with Crippen LogP contribution >= 0.6 is 39.1 Å². The predicted molar refractivity (Wildman–Crippen MR) is 131 cm³/mol. The van der Waals surface area contributed by atoms with E-state index in [0.717, 1.165) is 23.1 Å². The van der Waals surface area contributed by atoms with Gasteiger partial charge in [-0.05, 0) is 30.7 Å². The van der Waals surface area contributed by atoms with Gasteiger partial charge in [0.2, 0.25) is 5.91 Å². The van der Waals surface area contributed by atoms with Crippen LogP contribution in [0.1, 0.15) is 18.5 Å². The summed E-state index contributed by atoms with van der Waals surface area (Å²) in [6, 6.07) is 9.95. The first-order valence-electron chi connectivity index (χ1n) is 10.6. The zero-order valence-electron chi connectivity index (χ0n) is 18.0. The van der Waals surface area contributed by atoms with Crippen molar-refractivity contribution in [2.75, 3.05) is 44.4 Å². The molecule has 2 amide bonds. The van der Waals surface area contributed by atoms with Gasteiger partial charge >= 0.3 is 0 Å². The summed E-state index contributed by atoms with van der Waals surface area (Å²) < 4.78 is 11.9. The Balaban J connectivity index is 1.56. The Labute approximate surface area is 211 Å². The molecule has 2 aromatic carbocycles. The summed E-state index contributed by atoms with van der Waals surface area (Å²) in [6.45, 7) is 5.09. The van der Waals surface area contributed by atoms with Crippen LogP contribution in [0.3, 0.4) is 0 Å². The molecule has 2 aliphatic rings. The van der Waals surface area contributed by atoms with Crippen molar-refractivity contribution in [2.45, 2.75) is 19.0 Å². The molecule has 1 fully saturated rings. The third kappa shape index (κ3) is 5.63. The number of fused-ring (bicyclic) bond motifs is 1. The molecule has 0 aromatic heterocycles. The van der Waals surface area contributed by atoms with E-state index in [1.807, 2.05) is 24.3 Å². The lowest BCUT2D eigenvalue weighted by molar-refractivity contribution is -0.128. The highest BCUT2D eigenvalue weighted by atomic mass is 79.9. The number of nitrogens with one attached hydrogen (secondary N) is 1. The highest BCUT2D eigenvalue weighted by Crippen LogP contribution is 2.39. The summed E-state index contributed by atoms with van der Waals surface area (Å²) in [4.78, 5) is 29.8. The summed E-state index contributed by atoms with van der Waals surface area (Å²) in [6.07, 6.45) is 0. The number of nitrogens with zero attached hydrogens (tertiary/aromatic N) is 2. The van der Waals surface area contributed by atoms with Gasteiger partial charge in [-0.15, -0.1) is 0 Å². The van der Waals surface area contributed by atoms with Gasteiger partial charge in [-0.1, -0.05) is 51.3 Å². The van der Waals surface area contributed by atoms with E-state index in [2.05, 4.69) is 26.1 Å². The molecule has 0 saturated carbocycles. The predicted octanol–water partition coefficient (Wildman–Crippen LogP) is 4.06. The SMILES string of the molecule is CC(C(=O)NC(CN1CCOCC1)c1ccc(Br)cc1)N1C(=O)COc2cc(Cl)c(Cl)cc21. The lowest BCUT2D eigenvalue weighted by Gasteiger charge is -2.35. The highest BCUT2D eigenvalue weighted by molar-refractivity contribution is 9.10. The molecular formula is C23H24BrCl2N3O4. The third-order valence-electron chi connectivity index (χ3n) is 5.78. The molecule has 2 atom stereocenters. The molecule has 0 aliphatic carbocycles. The molecule has 2 aromatic rings. The number of ether oxygens (including phenoxy) is 2. The van der Waals surface area contributed by atoms with Gasteiger partial charge in [-0.2, -0.15) is 0 Å². The Bertz CT molecular complexity index is 1030. The standard InChI is InChI=1S/C23H24BrCl2N3O4/c1-14(29-20-10-17(25)18(26)11-21(20)33-13-22(29)30)23(31)27-19(12-28-6-8-32-9-7-28)15-2-4-16(24)5-3-15/h2-5,10-11,14,19H,6-9,12-13H2,1H3,(H,27,31). The van der Waals surface area contributed by atoms with Gasteiger partial charge in [0, 0.05) is 30.2 Å². The number of hydrogen-bond donors (Lipinski definition) is 1. The smallest absolute Gasteiger partial charge is 0.265 e. The van der Waals surface area contributed by atoms with Crippen LogP contribution in [0.2, 0.25) is 10.0 Å². The molecule has 4 rings (SSSR count). The molecule has 10 heteroatoms. The van der Waals surface area contributed by atoms with Crippen LogP contribution in [-0.4, -0.2) is 62.2 Å². The minimum Gasteiger partial charge on any atom is -0.482 e. The van der Waals surface area contributed by atoms with Crippen LogP contribution in [0.15, 0.2) is 40.9 Å². The molecule has 176 valence electrons. The van der Waals surface area contributed by atoms with E-state index in [1.165, 1.54) is 4.90 Å². The van der Waals surface area contributed by atoms with Crippen LogP contribution in [0.5, 0.6) is 5.75 Å². The molecule has 2 unspecified atom stereocenters. The van der Waals surface area contributed by atoms with Gasteiger partial charge in [0.1, 0.15) is 11.8 Å². The topological polar surface area (TPSA) is 71.1 Å². The summed E-state index contributed by atoms with van der Waals surface area (Å²) in [5.74, 6) is -0.179. The Morgan fingerprint density at radius 2 is 1.82 bits per heavy atom. The van der Waals surface area contributed by atoms with E-state index >= 15 is 0 Å². The number of anilines is 1. The van der Waals surface area contributed by atoms with E-state index in [1.54, 1.807) is 19.1 Å². The zero-order chi connectivity index (χ0) is 23.5. The average Bonchev–Trinajstić information content (AvgIpc) is 2.80. The number of rotatable bonds is 6. The fourth-order valence-corrected chi connectivity index (χ4v) is 4.55. The lowest BCUT2D eigenvalue weighted by atomic mass is 10.0. The first-order chi connectivity index (χ1) is 15.8. The molecule has 33 heavy (non-hydrogen) atoms. The maximum absolute atomic E-state index is 13.4. The van der Waals surface area contributed by atoms with Crippen molar-refractivity contribution >= 4 is 56.6 Å². The Morgan fingerprint density at radius 3 is 2.52 bits per heavy atom. The second-order valence-electron chi connectivity index (χ2n) is 7.99. The maximum Gasteiger partial charge on any atom is 0.265 e. The van der Waals surface area contributed by atoms with Crippen LogP contribution in [-0.2, 0) is 14.3 Å². The number of carbonyl (C=O) groups excluding carboxylic acids is 2. The van der Waals surface area contributed by atoms with Crippen LogP contribution < -0.4 is 15.0 Å². The van der Waals surface area contributed by atoms with Gasteiger partial charge in [0.15, 0.2) is 6.61 Å². The number of benzene rings is 2. The fourth-order valence-electron chi connectivity index (χ4n) is 3.97. The summed E-state index contributed by atoms with van der Waals surface area (Å²) in [5.41, 5.74) is 1.41. The molecule has 1 N–H and O–H groups in total. The van der Waals surface area contributed by atoms with Crippen molar-refractivity contribution in [2.24, 2.45) is 0 Å². The summed E-state index contributed by atoms with van der Waals surface area (Å²) in [7, 11) is 0. The van der Waals surface area contributed by atoms with E-state index in [0.29, 0.717) is 36.2 Å². The monoisotopic (exact) mass is 555 g/mol. The van der Waals surface area contributed by atoms with E-state index in [4.69, 9.17) is 32.7 Å². The highest BCUT2D eigenvalue weighted by Gasteiger charge is 2.35. The number of carbonyl (C=O) groups is 2. The van der Waals surface area contributed by atoms with Crippen molar-refractivity contribution in [1.29, 1.82) is 0 Å². The van der Waals surface area contributed by atoms with Crippen molar-refractivity contribution < 1.29 is 19.1 Å². The van der Waals surface area contributed by atoms with Gasteiger partial charge < -0.3 is 14.8 Å². The normalized spacial score (nSPS) is 18.3. The van der Waals surface area contributed by atoms with Crippen molar-refractivity contribution in [1.82, 2.24) is 10.2 Å². The molecule has 7 nitrogen and oxygen atoms in total. The number of halogens is 3. The molecule has 2 aliphatic heterocycles. The van der Waals surface area contributed by atoms with Crippen molar-refractivity contribution in [3.8, 4) is 5.75 Å². The third-order valence-corrected chi connectivity index (χ3v) is 7.03. The Kier molecular flexibility index (Phi) is 7.81. The van der Waals surface area contributed by atoms with Gasteiger partial charge in [0.05, 0.1) is 35.0 Å². The summed E-state index contributed by atoms with van der Waals surface area (Å²) in [5, 5.41) is 3.75. The maximum atomic E-state index is 13.4. The summed E-state index contributed by atoms with van der Waals surface area (Å²) >= 11 is 15.7. The van der Waals surface area contributed by atoms with Crippen molar-refractivity contribution in [3.05, 3.63) is 56.5 Å².